The first kappa shape index (κ1) is 14.3. The molecule has 0 spiro atoms. The maximum absolute atomic E-state index is 12.6. The molecular weight excluding hydrogens is 244 g/mol. The van der Waals surface area contributed by atoms with Gasteiger partial charge in [-0.15, -0.1) is 0 Å². The molecule has 1 aliphatic heterocycles. The fourth-order valence-corrected chi connectivity index (χ4v) is 2.98. The Hall–Kier alpha value is -1.10. The first-order valence-corrected chi connectivity index (χ1v) is 7.03. The molecule has 0 aromatic heterocycles. The molecule has 1 atom stereocenters. The summed E-state index contributed by atoms with van der Waals surface area (Å²) >= 11 is 0. The van der Waals surface area contributed by atoms with E-state index in [1.165, 1.54) is 0 Å². The zero-order valence-corrected chi connectivity index (χ0v) is 12.3. The van der Waals surface area contributed by atoms with E-state index in [1.54, 1.807) is 25.9 Å². The Morgan fingerprint density at radius 1 is 1.37 bits per heavy atom. The van der Waals surface area contributed by atoms with Crippen molar-refractivity contribution in [1.82, 2.24) is 10.2 Å². The summed E-state index contributed by atoms with van der Waals surface area (Å²) in [6.45, 7) is 5.97. The number of rotatable bonds is 4. The van der Waals surface area contributed by atoms with Gasteiger partial charge in [0.2, 0.25) is 11.8 Å². The van der Waals surface area contributed by atoms with E-state index >= 15 is 0 Å². The molecule has 1 unspecified atom stereocenters. The van der Waals surface area contributed by atoms with E-state index in [9.17, 15) is 9.59 Å². The highest BCUT2D eigenvalue weighted by Gasteiger charge is 2.49. The minimum Gasteiger partial charge on any atom is -0.376 e. The van der Waals surface area contributed by atoms with Crippen molar-refractivity contribution in [3.8, 4) is 0 Å². The predicted octanol–water partition coefficient (Wildman–Crippen LogP) is 1.07. The average molecular weight is 268 g/mol. The highest BCUT2D eigenvalue weighted by atomic mass is 16.5. The van der Waals surface area contributed by atoms with Gasteiger partial charge in [0.1, 0.15) is 11.6 Å². The zero-order valence-electron chi connectivity index (χ0n) is 12.3. The van der Waals surface area contributed by atoms with Crippen LogP contribution in [0.25, 0.3) is 0 Å². The Bertz CT molecular complexity index is 383. The molecule has 5 nitrogen and oxygen atoms in total. The number of hydrogen-bond donors (Lipinski definition) is 1. The Kier molecular flexibility index (Phi) is 3.60. The maximum atomic E-state index is 12.6. The van der Waals surface area contributed by atoms with E-state index in [1.807, 2.05) is 6.92 Å². The lowest BCUT2D eigenvalue weighted by molar-refractivity contribution is -0.163. The van der Waals surface area contributed by atoms with Gasteiger partial charge in [-0.2, -0.15) is 0 Å². The Morgan fingerprint density at radius 2 is 2.00 bits per heavy atom. The molecule has 0 radical (unpaired) electrons. The number of nitrogens with one attached hydrogen (secondary N) is 1. The molecule has 0 aromatic carbocycles. The number of carbonyl (C=O) groups excluding carboxylic acids is 2. The SMILES string of the molecule is CCC1C(=O)NC(C)(C)C(=O)N1CC1(OC)CCC1. The molecule has 0 aromatic rings. The fourth-order valence-electron chi connectivity index (χ4n) is 2.98. The van der Waals surface area contributed by atoms with Crippen LogP contribution in [0, 0.1) is 0 Å². The van der Waals surface area contributed by atoms with Gasteiger partial charge >= 0.3 is 0 Å². The Labute approximate surface area is 114 Å². The molecule has 2 rings (SSSR count). The van der Waals surface area contributed by atoms with Crippen molar-refractivity contribution in [2.45, 2.75) is 63.6 Å². The number of ether oxygens (including phenoxy) is 1. The number of methoxy groups -OCH3 is 1. The summed E-state index contributed by atoms with van der Waals surface area (Å²) in [7, 11) is 1.69. The third-order valence-corrected chi connectivity index (χ3v) is 4.45. The van der Waals surface area contributed by atoms with Crippen LogP contribution in [0.2, 0.25) is 0 Å². The lowest BCUT2D eigenvalue weighted by Crippen LogP contribution is -2.70. The van der Waals surface area contributed by atoms with Gasteiger partial charge in [0.25, 0.3) is 0 Å². The number of nitrogens with zero attached hydrogens (tertiary/aromatic N) is 1. The van der Waals surface area contributed by atoms with Gasteiger partial charge in [-0.25, -0.2) is 0 Å². The molecule has 1 heterocycles. The quantitative estimate of drug-likeness (QED) is 0.829. The molecule has 0 bridgehead atoms. The fraction of sp³-hybridized carbons (Fsp3) is 0.857. The van der Waals surface area contributed by atoms with Crippen LogP contribution in [0.3, 0.4) is 0 Å². The summed E-state index contributed by atoms with van der Waals surface area (Å²) in [5, 5.41) is 2.81. The van der Waals surface area contributed by atoms with Gasteiger partial charge in [0.15, 0.2) is 0 Å². The van der Waals surface area contributed by atoms with Crippen molar-refractivity contribution < 1.29 is 14.3 Å². The second kappa shape index (κ2) is 4.78. The van der Waals surface area contributed by atoms with Crippen LogP contribution in [0.5, 0.6) is 0 Å². The van der Waals surface area contributed by atoms with Crippen LogP contribution in [0.1, 0.15) is 46.5 Å². The number of carbonyl (C=O) groups is 2. The predicted molar refractivity (Wildman–Crippen MR) is 71.6 cm³/mol. The second-order valence-corrected chi connectivity index (χ2v) is 6.21. The smallest absolute Gasteiger partial charge is 0.248 e. The minimum absolute atomic E-state index is 0.0118. The van der Waals surface area contributed by atoms with Crippen molar-refractivity contribution in [1.29, 1.82) is 0 Å². The Balaban J connectivity index is 2.22. The van der Waals surface area contributed by atoms with E-state index in [0.29, 0.717) is 13.0 Å². The van der Waals surface area contributed by atoms with Gasteiger partial charge < -0.3 is 15.0 Å². The minimum atomic E-state index is -0.818. The van der Waals surface area contributed by atoms with E-state index in [4.69, 9.17) is 4.74 Å². The van der Waals surface area contributed by atoms with Crippen LogP contribution in [0.15, 0.2) is 0 Å². The van der Waals surface area contributed by atoms with Crippen molar-refractivity contribution in [3.63, 3.8) is 0 Å². The van der Waals surface area contributed by atoms with Crippen LogP contribution < -0.4 is 5.32 Å². The number of hydrogen-bond acceptors (Lipinski definition) is 3. The average Bonchev–Trinajstić information content (AvgIpc) is 2.29. The van der Waals surface area contributed by atoms with E-state index < -0.39 is 5.54 Å². The molecule has 1 saturated carbocycles. The summed E-state index contributed by atoms with van der Waals surface area (Å²) < 4.78 is 5.60. The van der Waals surface area contributed by atoms with E-state index in [0.717, 1.165) is 19.3 Å². The second-order valence-electron chi connectivity index (χ2n) is 6.21. The zero-order chi connectivity index (χ0) is 14.3. The third kappa shape index (κ3) is 2.36. The molecule has 2 amide bonds. The lowest BCUT2D eigenvalue weighted by atomic mass is 9.78. The van der Waals surface area contributed by atoms with E-state index in [-0.39, 0.29) is 23.5 Å². The third-order valence-electron chi connectivity index (χ3n) is 4.45. The van der Waals surface area contributed by atoms with Crippen LogP contribution in [-0.4, -0.2) is 47.6 Å². The van der Waals surface area contributed by atoms with E-state index in [2.05, 4.69) is 5.32 Å². The molecule has 2 aliphatic rings. The molecule has 1 N–H and O–H groups in total. The standard InChI is InChI=1S/C14H24N2O3/c1-5-10-11(17)15-13(2,3)12(18)16(10)9-14(19-4)7-6-8-14/h10H,5-9H2,1-4H3,(H,15,17). The first-order chi connectivity index (χ1) is 8.85. The molecule has 2 fully saturated rings. The van der Waals surface area contributed by atoms with Crippen molar-refractivity contribution >= 4 is 11.8 Å². The van der Waals surface area contributed by atoms with Gasteiger partial charge in [-0.1, -0.05) is 6.92 Å². The van der Waals surface area contributed by atoms with Crippen molar-refractivity contribution in [3.05, 3.63) is 0 Å². The largest absolute Gasteiger partial charge is 0.376 e. The Morgan fingerprint density at radius 3 is 2.42 bits per heavy atom. The van der Waals surface area contributed by atoms with Gasteiger partial charge in [0.05, 0.1) is 12.1 Å². The van der Waals surface area contributed by atoms with Gasteiger partial charge in [-0.3, -0.25) is 9.59 Å². The normalized spacial score (nSPS) is 28.8. The molecular formula is C14H24N2O3. The van der Waals surface area contributed by atoms with Crippen molar-refractivity contribution in [2.24, 2.45) is 0 Å². The molecule has 5 heteroatoms. The van der Waals surface area contributed by atoms with Crippen molar-refractivity contribution in [2.75, 3.05) is 13.7 Å². The lowest BCUT2D eigenvalue weighted by Gasteiger charge is -2.49. The summed E-state index contributed by atoms with van der Waals surface area (Å²) in [6.07, 6.45) is 3.69. The first-order valence-electron chi connectivity index (χ1n) is 7.03. The molecule has 1 aliphatic carbocycles. The summed E-state index contributed by atoms with van der Waals surface area (Å²) in [5.74, 6) is -0.0695. The van der Waals surface area contributed by atoms with Crippen LogP contribution in [-0.2, 0) is 14.3 Å². The van der Waals surface area contributed by atoms with Crippen LogP contribution in [0.4, 0.5) is 0 Å². The topological polar surface area (TPSA) is 58.6 Å². The molecule has 108 valence electrons. The van der Waals surface area contributed by atoms with Crippen LogP contribution >= 0.6 is 0 Å². The van der Waals surface area contributed by atoms with Gasteiger partial charge in [0, 0.05) is 7.11 Å². The number of piperazine rings is 1. The van der Waals surface area contributed by atoms with Gasteiger partial charge in [-0.05, 0) is 39.5 Å². The maximum Gasteiger partial charge on any atom is 0.248 e. The molecule has 1 saturated heterocycles. The summed E-state index contributed by atoms with van der Waals surface area (Å²) in [5.41, 5.74) is -1.06. The number of amides is 2. The summed E-state index contributed by atoms with van der Waals surface area (Å²) in [4.78, 5) is 26.4. The monoisotopic (exact) mass is 268 g/mol. The summed E-state index contributed by atoms with van der Waals surface area (Å²) in [6, 6.07) is -0.367. The highest BCUT2D eigenvalue weighted by Crippen LogP contribution is 2.37. The highest BCUT2D eigenvalue weighted by molar-refractivity contribution is 5.99. The molecule has 19 heavy (non-hydrogen) atoms.